The van der Waals surface area contributed by atoms with Crippen LogP contribution in [0.25, 0.3) is 0 Å². The summed E-state index contributed by atoms with van der Waals surface area (Å²) >= 11 is 5.87. The van der Waals surface area contributed by atoms with Gasteiger partial charge in [0.25, 0.3) is 0 Å². The van der Waals surface area contributed by atoms with Gasteiger partial charge in [-0.05, 0) is 55.0 Å². The topological polar surface area (TPSA) is 12.0 Å². The van der Waals surface area contributed by atoms with E-state index in [0.29, 0.717) is 17.8 Å². The highest BCUT2D eigenvalue weighted by Gasteiger charge is 2.28. The van der Waals surface area contributed by atoms with E-state index < -0.39 is 0 Å². The molecule has 0 aromatic heterocycles. The molecular formula is C14H19ClFN. The van der Waals surface area contributed by atoms with Crippen LogP contribution in [0.1, 0.15) is 31.7 Å². The van der Waals surface area contributed by atoms with Gasteiger partial charge < -0.3 is 5.32 Å². The number of hydrogen-bond acceptors (Lipinski definition) is 1. The lowest BCUT2D eigenvalue weighted by atomic mass is 9.75. The molecule has 1 aromatic rings. The molecular weight excluding hydrogens is 237 g/mol. The van der Waals surface area contributed by atoms with Gasteiger partial charge in [0.1, 0.15) is 5.82 Å². The maximum absolute atomic E-state index is 13.2. The maximum Gasteiger partial charge on any atom is 0.141 e. The molecule has 94 valence electrons. The number of piperidine rings is 1. The molecule has 0 spiro atoms. The second kappa shape index (κ2) is 5.36. The third-order valence-corrected chi connectivity index (χ3v) is 4.05. The van der Waals surface area contributed by atoms with Crippen molar-refractivity contribution in [2.45, 2.75) is 26.2 Å². The van der Waals surface area contributed by atoms with Crippen molar-refractivity contribution in [3.05, 3.63) is 34.6 Å². The van der Waals surface area contributed by atoms with Crippen molar-refractivity contribution in [1.82, 2.24) is 5.32 Å². The van der Waals surface area contributed by atoms with E-state index in [0.717, 1.165) is 19.5 Å². The zero-order valence-electron chi connectivity index (χ0n) is 10.3. The van der Waals surface area contributed by atoms with Gasteiger partial charge in [0.05, 0.1) is 5.02 Å². The van der Waals surface area contributed by atoms with E-state index in [9.17, 15) is 4.39 Å². The molecule has 1 fully saturated rings. The lowest BCUT2D eigenvalue weighted by molar-refractivity contribution is 0.255. The molecule has 1 heterocycles. The quantitative estimate of drug-likeness (QED) is 0.847. The summed E-state index contributed by atoms with van der Waals surface area (Å²) in [5.41, 5.74) is 1.18. The maximum atomic E-state index is 13.2. The molecule has 2 rings (SSSR count). The highest BCUT2D eigenvalue weighted by atomic mass is 35.5. The lowest BCUT2D eigenvalue weighted by Crippen LogP contribution is -2.38. The fourth-order valence-corrected chi connectivity index (χ4v) is 2.93. The number of rotatable bonds is 2. The first-order chi connectivity index (χ1) is 8.09. The average molecular weight is 256 g/mol. The van der Waals surface area contributed by atoms with Crippen LogP contribution in [0.4, 0.5) is 4.39 Å². The Bertz CT molecular complexity index is 392. The molecule has 17 heavy (non-hydrogen) atoms. The van der Waals surface area contributed by atoms with Crippen LogP contribution in [0.15, 0.2) is 18.2 Å². The Morgan fingerprint density at radius 1 is 1.41 bits per heavy atom. The van der Waals surface area contributed by atoms with Gasteiger partial charge >= 0.3 is 0 Å². The van der Waals surface area contributed by atoms with Crippen LogP contribution in [0.2, 0.25) is 5.02 Å². The molecule has 2 atom stereocenters. The van der Waals surface area contributed by atoms with Crippen molar-refractivity contribution in [3.63, 3.8) is 0 Å². The van der Waals surface area contributed by atoms with Crippen LogP contribution in [0.3, 0.4) is 0 Å². The molecule has 3 heteroatoms. The number of nitrogens with one attached hydrogen (secondary N) is 1. The second-order valence-corrected chi connectivity index (χ2v) is 5.59. The van der Waals surface area contributed by atoms with Gasteiger partial charge in [-0.25, -0.2) is 4.39 Å². The number of benzene rings is 1. The van der Waals surface area contributed by atoms with Gasteiger partial charge in [0, 0.05) is 0 Å². The molecule has 0 bridgehead atoms. The summed E-state index contributed by atoms with van der Waals surface area (Å²) in [6.45, 7) is 6.56. The first-order valence-electron chi connectivity index (χ1n) is 6.25. The van der Waals surface area contributed by atoms with E-state index in [4.69, 9.17) is 11.6 Å². The van der Waals surface area contributed by atoms with E-state index in [-0.39, 0.29) is 10.8 Å². The third kappa shape index (κ3) is 2.80. The standard InChI is InChI=1S/C14H19ClFN/c1-9(2)12-8-17-6-5-11(12)10-3-4-14(16)13(15)7-10/h3-4,7,9,11-12,17H,5-6,8H2,1-2H3. The van der Waals surface area contributed by atoms with Crippen molar-refractivity contribution in [2.24, 2.45) is 11.8 Å². The van der Waals surface area contributed by atoms with Crippen LogP contribution >= 0.6 is 11.6 Å². The van der Waals surface area contributed by atoms with Crippen molar-refractivity contribution in [3.8, 4) is 0 Å². The second-order valence-electron chi connectivity index (χ2n) is 5.18. The zero-order chi connectivity index (χ0) is 12.4. The average Bonchev–Trinajstić information content (AvgIpc) is 2.32. The van der Waals surface area contributed by atoms with Crippen LogP contribution in [0, 0.1) is 17.7 Å². The smallest absolute Gasteiger partial charge is 0.141 e. The van der Waals surface area contributed by atoms with E-state index in [1.165, 1.54) is 11.6 Å². The molecule has 1 saturated heterocycles. The summed E-state index contributed by atoms with van der Waals surface area (Å²) in [5, 5.41) is 3.67. The van der Waals surface area contributed by atoms with E-state index in [1.807, 2.05) is 6.07 Å². The summed E-state index contributed by atoms with van der Waals surface area (Å²) in [6.07, 6.45) is 1.10. The molecule has 0 saturated carbocycles. The molecule has 1 nitrogen and oxygen atoms in total. The molecule has 1 aliphatic heterocycles. The Labute approximate surface area is 107 Å². The zero-order valence-corrected chi connectivity index (χ0v) is 11.1. The van der Waals surface area contributed by atoms with Crippen molar-refractivity contribution in [2.75, 3.05) is 13.1 Å². The van der Waals surface area contributed by atoms with Gasteiger partial charge in [-0.1, -0.05) is 31.5 Å². The highest BCUT2D eigenvalue weighted by molar-refractivity contribution is 6.30. The van der Waals surface area contributed by atoms with Gasteiger partial charge in [0.2, 0.25) is 0 Å². The van der Waals surface area contributed by atoms with Crippen LogP contribution < -0.4 is 5.32 Å². The minimum atomic E-state index is -0.328. The molecule has 1 aliphatic rings. The Kier molecular flexibility index (Phi) is 4.05. The van der Waals surface area contributed by atoms with Crippen LogP contribution in [-0.4, -0.2) is 13.1 Å². The fraction of sp³-hybridized carbons (Fsp3) is 0.571. The Morgan fingerprint density at radius 3 is 2.82 bits per heavy atom. The summed E-state index contributed by atoms with van der Waals surface area (Å²) < 4.78 is 13.2. The predicted molar refractivity (Wildman–Crippen MR) is 70.0 cm³/mol. The SMILES string of the molecule is CC(C)C1CNCCC1c1ccc(F)c(Cl)c1. The Balaban J connectivity index is 2.26. The van der Waals surface area contributed by atoms with Crippen LogP contribution in [-0.2, 0) is 0 Å². The van der Waals surface area contributed by atoms with Crippen LogP contribution in [0.5, 0.6) is 0 Å². The molecule has 1 N–H and O–H groups in total. The van der Waals surface area contributed by atoms with Crippen molar-refractivity contribution < 1.29 is 4.39 Å². The van der Waals surface area contributed by atoms with E-state index >= 15 is 0 Å². The Hall–Kier alpha value is -0.600. The van der Waals surface area contributed by atoms with Crippen molar-refractivity contribution in [1.29, 1.82) is 0 Å². The largest absolute Gasteiger partial charge is 0.316 e. The van der Waals surface area contributed by atoms with Gasteiger partial charge in [0.15, 0.2) is 0 Å². The molecule has 0 radical (unpaired) electrons. The van der Waals surface area contributed by atoms with Gasteiger partial charge in [-0.3, -0.25) is 0 Å². The monoisotopic (exact) mass is 255 g/mol. The minimum absolute atomic E-state index is 0.239. The summed E-state index contributed by atoms with van der Waals surface area (Å²) in [4.78, 5) is 0. The minimum Gasteiger partial charge on any atom is -0.316 e. The number of hydrogen-bond donors (Lipinski definition) is 1. The molecule has 2 unspecified atom stereocenters. The van der Waals surface area contributed by atoms with Crippen molar-refractivity contribution >= 4 is 11.6 Å². The highest BCUT2D eigenvalue weighted by Crippen LogP contribution is 2.36. The first-order valence-corrected chi connectivity index (χ1v) is 6.63. The Morgan fingerprint density at radius 2 is 2.18 bits per heavy atom. The van der Waals surface area contributed by atoms with Gasteiger partial charge in [-0.2, -0.15) is 0 Å². The molecule has 1 aromatic carbocycles. The number of halogens is 2. The molecule has 0 amide bonds. The van der Waals surface area contributed by atoms with Gasteiger partial charge in [-0.15, -0.1) is 0 Å². The lowest BCUT2D eigenvalue weighted by Gasteiger charge is -2.35. The predicted octanol–water partition coefficient (Wildman–Crippen LogP) is 3.83. The summed E-state index contributed by atoms with van der Waals surface area (Å²) in [5.74, 6) is 1.39. The summed E-state index contributed by atoms with van der Waals surface area (Å²) in [6, 6.07) is 5.16. The van der Waals surface area contributed by atoms with E-state index in [2.05, 4.69) is 19.2 Å². The molecule has 0 aliphatic carbocycles. The summed E-state index contributed by atoms with van der Waals surface area (Å²) in [7, 11) is 0. The first kappa shape index (κ1) is 12.8. The normalized spacial score (nSPS) is 25.2. The third-order valence-electron chi connectivity index (χ3n) is 3.76. The van der Waals surface area contributed by atoms with E-state index in [1.54, 1.807) is 6.07 Å². The fourth-order valence-electron chi connectivity index (χ4n) is 2.74.